The maximum atomic E-state index is 5.31. The standard InChI is InChI=1S/C13H12Br2N2O/c1-8-5-10(15)13(16-7-8)17-11-6-9(14)3-4-12(11)18-2/h3-7H,1-2H3,(H,16,17). The number of benzene rings is 1. The zero-order valence-corrected chi connectivity index (χ0v) is 13.2. The number of ether oxygens (including phenoxy) is 1. The van der Waals surface area contributed by atoms with Gasteiger partial charge in [-0.3, -0.25) is 0 Å². The molecule has 0 atom stereocenters. The van der Waals surface area contributed by atoms with Crippen molar-refractivity contribution in [3.05, 3.63) is 45.0 Å². The van der Waals surface area contributed by atoms with Crippen molar-refractivity contribution in [3.8, 4) is 5.75 Å². The molecule has 2 rings (SSSR count). The molecule has 0 bridgehead atoms. The van der Waals surface area contributed by atoms with Crippen molar-refractivity contribution in [2.75, 3.05) is 12.4 Å². The summed E-state index contributed by atoms with van der Waals surface area (Å²) >= 11 is 6.93. The second-order valence-electron chi connectivity index (χ2n) is 3.81. The van der Waals surface area contributed by atoms with E-state index in [1.54, 1.807) is 7.11 Å². The van der Waals surface area contributed by atoms with Crippen LogP contribution in [0.2, 0.25) is 0 Å². The van der Waals surface area contributed by atoms with Gasteiger partial charge in [0.05, 0.1) is 17.3 Å². The Bertz CT molecular complexity index is 573. The number of hydrogen-bond acceptors (Lipinski definition) is 3. The molecule has 0 unspecified atom stereocenters. The molecule has 1 aromatic heterocycles. The fraction of sp³-hybridized carbons (Fsp3) is 0.154. The Morgan fingerprint density at radius 2 is 2.00 bits per heavy atom. The molecular formula is C13H12Br2N2O. The third kappa shape index (κ3) is 3.03. The quantitative estimate of drug-likeness (QED) is 0.851. The molecule has 1 aromatic carbocycles. The average Bonchev–Trinajstić information content (AvgIpc) is 2.33. The zero-order valence-electron chi connectivity index (χ0n) is 10.00. The number of halogens is 2. The van der Waals surface area contributed by atoms with Crippen LogP contribution in [0.25, 0.3) is 0 Å². The van der Waals surface area contributed by atoms with E-state index in [2.05, 4.69) is 42.2 Å². The first-order chi connectivity index (χ1) is 8.60. The number of pyridine rings is 1. The van der Waals surface area contributed by atoms with Crippen LogP contribution in [0.4, 0.5) is 11.5 Å². The summed E-state index contributed by atoms with van der Waals surface area (Å²) in [5.74, 6) is 1.53. The fourth-order valence-electron chi connectivity index (χ4n) is 1.53. The number of aryl methyl sites for hydroxylation is 1. The first-order valence-electron chi connectivity index (χ1n) is 5.33. The molecule has 5 heteroatoms. The van der Waals surface area contributed by atoms with Crippen molar-refractivity contribution in [3.63, 3.8) is 0 Å². The highest BCUT2D eigenvalue weighted by atomic mass is 79.9. The van der Waals surface area contributed by atoms with Gasteiger partial charge in [-0.05, 0) is 52.7 Å². The van der Waals surface area contributed by atoms with E-state index in [1.165, 1.54) is 0 Å². The fourth-order valence-corrected chi connectivity index (χ4v) is 2.45. The summed E-state index contributed by atoms with van der Waals surface area (Å²) in [5.41, 5.74) is 1.97. The molecule has 3 nitrogen and oxygen atoms in total. The topological polar surface area (TPSA) is 34.1 Å². The van der Waals surface area contributed by atoms with Gasteiger partial charge in [-0.1, -0.05) is 15.9 Å². The summed E-state index contributed by atoms with van der Waals surface area (Å²) in [7, 11) is 1.64. The highest BCUT2D eigenvalue weighted by Gasteiger charge is 2.07. The van der Waals surface area contributed by atoms with Gasteiger partial charge in [0, 0.05) is 10.7 Å². The minimum Gasteiger partial charge on any atom is -0.495 e. The number of rotatable bonds is 3. The lowest BCUT2D eigenvalue weighted by molar-refractivity contribution is 0.416. The van der Waals surface area contributed by atoms with Gasteiger partial charge in [0.25, 0.3) is 0 Å². The third-order valence-corrected chi connectivity index (χ3v) is 3.49. The third-order valence-electron chi connectivity index (χ3n) is 2.39. The molecule has 0 fully saturated rings. The van der Waals surface area contributed by atoms with E-state index in [0.29, 0.717) is 0 Å². The van der Waals surface area contributed by atoms with Crippen LogP contribution in [-0.2, 0) is 0 Å². The number of nitrogens with zero attached hydrogens (tertiary/aromatic N) is 1. The van der Waals surface area contributed by atoms with Crippen LogP contribution in [0.15, 0.2) is 39.4 Å². The molecule has 0 aliphatic heterocycles. The number of anilines is 2. The first-order valence-corrected chi connectivity index (χ1v) is 6.91. The van der Waals surface area contributed by atoms with Crippen LogP contribution in [0.3, 0.4) is 0 Å². The van der Waals surface area contributed by atoms with E-state index < -0.39 is 0 Å². The number of aromatic nitrogens is 1. The van der Waals surface area contributed by atoms with Crippen LogP contribution < -0.4 is 10.1 Å². The summed E-state index contributed by atoms with van der Waals surface area (Å²) in [4.78, 5) is 4.35. The van der Waals surface area contributed by atoms with Gasteiger partial charge in [-0.2, -0.15) is 0 Å². The molecule has 1 N–H and O–H groups in total. The van der Waals surface area contributed by atoms with Crippen LogP contribution in [0.5, 0.6) is 5.75 Å². The summed E-state index contributed by atoms with van der Waals surface area (Å²) in [6, 6.07) is 7.79. The van der Waals surface area contributed by atoms with Crippen LogP contribution in [-0.4, -0.2) is 12.1 Å². The van der Waals surface area contributed by atoms with Gasteiger partial charge in [0.1, 0.15) is 11.6 Å². The molecule has 0 saturated heterocycles. The van der Waals surface area contributed by atoms with Gasteiger partial charge in [0.2, 0.25) is 0 Å². The van der Waals surface area contributed by atoms with Crippen LogP contribution in [0, 0.1) is 6.92 Å². The number of nitrogens with one attached hydrogen (secondary N) is 1. The summed E-state index contributed by atoms with van der Waals surface area (Å²) in [6.45, 7) is 2.00. The summed E-state index contributed by atoms with van der Waals surface area (Å²) in [6.07, 6.45) is 1.82. The van der Waals surface area contributed by atoms with E-state index in [4.69, 9.17) is 4.74 Å². The normalized spacial score (nSPS) is 10.2. The average molecular weight is 372 g/mol. The van der Waals surface area contributed by atoms with E-state index >= 15 is 0 Å². The van der Waals surface area contributed by atoms with Crippen molar-refractivity contribution in [2.24, 2.45) is 0 Å². The van der Waals surface area contributed by atoms with E-state index in [1.807, 2.05) is 37.4 Å². The molecule has 0 aliphatic rings. The van der Waals surface area contributed by atoms with Crippen LogP contribution >= 0.6 is 31.9 Å². The summed E-state index contributed by atoms with van der Waals surface area (Å²) < 4.78 is 7.21. The lowest BCUT2D eigenvalue weighted by Gasteiger charge is -2.12. The maximum absolute atomic E-state index is 5.31. The van der Waals surface area contributed by atoms with Crippen LogP contribution in [0.1, 0.15) is 5.56 Å². The van der Waals surface area contributed by atoms with Crippen molar-refractivity contribution in [2.45, 2.75) is 6.92 Å². The number of hydrogen-bond donors (Lipinski definition) is 1. The van der Waals surface area contributed by atoms with Crippen molar-refractivity contribution in [1.29, 1.82) is 0 Å². The predicted molar refractivity (Wildman–Crippen MR) is 80.7 cm³/mol. The molecule has 0 amide bonds. The number of methoxy groups -OCH3 is 1. The SMILES string of the molecule is COc1ccc(Br)cc1Nc1ncc(C)cc1Br. The lowest BCUT2D eigenvalue weighted by atomic mass is 10.2. The largest absolute Gasteiger partial charge is 0.495 e. The predicted octanol–water partition coefficient (Wildman–Crippen LogP) is 4.67. The molecular weight excluding hydrogens is 360 g/mol. The smallest absolute Gasteiger partial charge is 0.144 e. The minimum absolute atomic E-state index is 0.761. The second-order valence-corrected chi connectivity index (χ2v) is 5.58. The van der Waals surface area contributed by atoms with Gasteiger partial charge in [-0.25, -0.2) is 4.98 Å². The van der Waals surface area contributed by atoms with E-state index in [-0.39, 0.29) is 0 Å². The molecule has 0 aliphatic carbocycles. The molecule has 0 radical (unpaired) electrons. The Labute approximate surface area is 123 Å². The molecule has 1 heterocycles. The lowest BCUT2D eigenvalue weighted by Crippen LogP contribution is -1.98. The summed E-state index contributed by atoms with van der Waals surface area (Å²) in [5, 5.41) is 3.25. The van der Waals surface area contributed by atoms with Crippen molar-refractivity contribution >= 4 is 43.4 Å². The Hall–Kier alpha value is -1.07. The Morgan fingerprint density at radius 1 is 1.22 bits per heavy atom. The Balaban J connectivity index is 2.36. The highest BCUT2D eigenvalue weighted by Crippen LogP contribution is 2.32. The monoisotopic (exact) mass is 370 g/mol. The van der Waals surface area contributed by atoms with E-state index in [0.717, 1.165) is 31.8 Å². The highest BCUT2D eigenvalue weighted by molar-refractivity contribution is 9.10. The molecule has 94 valence electrons. The van der Waals surface area contributed by atoms with Gasteiger partial charge >= 0.3 is 0 Å². The van der Waals surface area contributed by atoms with E-state index in [9.17, 15) is 0 Å². The Morgan fingerprint density at radius 3 is 2.67 bits per heavy atom. The van der Waals surface area contributed by atoms with Crippen molar-refractivity contribution < 1.29 is 4.74 Å². The zero-order chi connectivity index (χ0) is 13.1. The van der Waals surface area contributed by atoms with Crippen molar-refractivity contribution in [1.82, 2.24) is 4.98 Å². The van der Waals surface area contributed by atoms with Gasteiger partial charge in [0.15, 0.2) is 0 Å². The van der Waals surface area contributed by atoms with Gasteiger partial charge in [-0.15, -0.1) is 0 Å². The molecule has 2 aromatic rings. The molecule has 0 saturated carbocycles. The minimum atomic E-state index is 0.761. The maximum Gasteiger partial charge on any atom is 0.144 e. The van der Waals surface area contributed by atoms with Gasteiger partial charge < -0.3 is 10.1 Å². The second kappa shape index (κ2) is 5.71. The molecule has 0 spiro atoms. The molecule has 18 heavy (non-hydrogen) atoms. The Kier molecular flexibility index (Phi) is 4.24. The first kappa shape index (κ1) is 13.4.